The van der Waals surface area contributed by atoms with Gasteiger partial charge in [0.25, 0.3) is 0 Å². The van der Waals surface area contributed by atoms with E-state index in [1.807, 2.05) is 25.1 Å². The molecule has 0 atom stereocenters. The molecule has 14 heavy (non-hydrogen) atoms. The molecule has 2 aromatic rings. The lowest BCUT2D eigenvalue weighted by Crippen LogP contribution is -2.02. The van der Waals surface area contributed by atoms with Crippen LogP contribution in [0.25, 0.3) is 10.9 Å². The summed E-state index contributed by atoms with van der Waals surface area (Å²) in [7, 11) is 1.80. The molecule has 0 unspecified atom stereocenters. The van der Waals surface area contributed by atoms with Gasteiger partial charge in [-0.05, 0) is 18.6 Å². The zero-order valence-electron chi connectivity index (χ0n) is 8.53. The maximum absolute atomic E-state index is 11.4. The van der Waals surface area contributed by atoms with Crippen LogP contribution in [0.3, 0.4) is 0 Å². The highest BCUT2D eigenvalue weighted by Crippen LogP contribution is 2.19. The maximum Gasteiger partial charge on any atom is 0.178 e. The third kappa shape index (κ3) is 1.21. The minimum absolute atomic E-state index is 0.0545. The summed E-state index contributed by atoms with van der Waals surface area (Å²) >= 11 is 0. The number of aryl methyl sites for hydroxylation is 2. The standard InChI is InChI=1S/C11H12N2O/c1-7-4-5-9-10(6-7)12-13(3)11(9)8(2)14/h4-6H,1-3H3. The Labute approximate surface area is 82.3 Å². The number of ketones is 1. The second-order valence-electron chi connectivity index (χ2n) is 3.55. The average Bonchev–Trinajstić information content (AvgIpc) is 2.39. The topological polar surface area (TPSA) is 34.9 Å². The van der Waals surface area contributed by atoms with E-state index in [1.165, 1.54) is 0 Å². The normalized spacial score (nSPS) is 10.8. The van der Waals surface area contributed by atoms with Crippen LogP contribution < -0.4 is 0 Å². The molecule has 3 nitrogen and oxygen atoms in total. The number of benzene rings is 1. The summed E-state index contributed by atoms with van der Waals surface area (Å²) in [6.07, 6.45) is 0. The molecule has 0 radical (unpaired) electrons. The fourth-order valence-corrected chi connectivity index (χ4v) is 1.73. The summed E-state index contributed by atoms with van der Waals surface area (Å²) in [5.74, 6) is 0.0545. The van der Waals surface area contributed by atoms with Crippen LogP contribution in [-0.4, -0.2) is 15.6 Å². The molecular weight excluding hydrogens is 176 g/mol. The zero-order valence-corrected chi connectivity index (χ0v) is 8.53. The zero-order chi connectivity index (χ0) is 10.3. The number of hydrogen-bond donors (Lipinski definition) is 0. The number of carbonyl (C=O) groups is 1. The van der Waals surface area contributed by atoms with E-state index >= 15 is 0 Å². The number of hydrogen-bond acceptors (Lipinski definition) is 2. The molecule has 1 aromatic carbocycles. The summed E-state index contributed by atoms with van der Waals surface area (Å²) in [4.78, 5) is 11.4. The van der Waals surface area contributed by atoms with Crippen molar-refractivity contribution in [3.63, 3.8) is 0 Å². The van der Waals surface area contributed by atoms with Crippen molar-refractivity contribution in [3.8, 4) is 0 Å². The highest BCUT2D eigenvalue weighted by molar-refractivity contribution is 6.05. The monoisotopic (exact) mass is 188 g/mol. The van der Waals surface area contributed by atoms with Crippen LogP contribution in [0.5, 0.6) is 0 Å². The van der Waals surface area contributed by atoms with Gasteiger partial charge in [-0.25, -0.2) is 0 Å². The van der Waals surface area contributed by atoms with Crippen molar-refractivity contribution in [1.82, 2.24) is 9.78 Å². The smallest absolute Gasteiger partial charge is 0.178 e. The van der Waals surface area contributed by atoms with Gasteiger partial charge in [0.15, 0.2) is 5.78 Å². The van der Waals surface area contributed by atoms with Gasteiger partial charge in [-0.15, -0.1) is 0 Å². The van der Waals surface area contributed by atoms with E-state index in [0.717, 1.165) is 16.5 Å². The molecule has 72 valence electrons. The van der Waals surface area contributed by atoms with E-state index in [9.17, 15) is 4.79 Å². The fraction of sp³-hybridized carbons (Fsp3) is 0.273. The summed E-state index contributed by atoms with van der Waals surface area (Å²) in [6.45, 7) is 3.58. The number of rotatable bonds is 1. The quantitative estimate of drug-likeness (QED) is 0.642. The van der Waals surface area contributed by atoms with E-state index in [1.54, 1.807) is 18.7 Å². The predicted molar refractivity (Wildman–Crippen MR) is 55.5 cm³/mol. The van der Waals surface area contributed by atoms with Gasteiger partial charge in [0.05, 0.1) is 5.52 Å². The summed E-state index contributed by atoms with van der Waals surface area (Å²) in [5, 5.41) is 5.23. The molecule has 0 bridgehead atoms. The molecule has 1 heterocycles. The van der Waals surface area contributed by atoms with Crippen molar-refractivity contribution in [2.45, 2.75) is 13.8 Å². The van der Waals surface area contributed by atoms with Crippen molar-refractivity contribution < 1.29 is 4.79 Å². The summed E-state index contributed by atoms with van der Waals surface area (Å²) in [6, 6.07) is 5.94. The first-order valence-electron chi connectivity index (χ1n) is 4.54. The van der Waals surface area contributed by atoms with Crippen LogP contribution in [0.1, 0.15) is 23.0 Å². The van der Waals surface area contributed by atoms with Crippen molar-refractivity contribution in [2.24, 2.45) is 7.05 Å². The van der Waals surface area contributed by atoms with E-state index in [0.29, 0.717) is 5.69 Å². The molecular formula is C11H12N2O. The van der Waals surface area contributed by atoms with Crippen molar-refractivity contribution in [3.05, 3.63) is 29.5 Å². The Bertz CT molecular complexity index is 511. The lowest BCUT2D eigenvalue weighted by molar-refractivity contribution is 0.101. The van der Waals surface area contributed by atoms with Crippen LogP contribution in [-0.2, 0) is 7.05 Å². The Kier molecular flexibility index (Phi) is 1.88. The molecule has 0 saturated heterocycles. The van der Waals surface area contributed by atoms with Crippen LogP contribution >= 0.6 is 0 Å². The van der Waals surface area contributed by atoms with Crippen molar-refractivity contribution >= 4 is 16.7 Å². The van der Waals surface area contributed by atoms with Crippen LogP contribution in [0.15, 0.2) is 18.2 Å². The largest absolute Gasteiger partial charge is 0.293 e. The lowest BCUT2D eigenvalue weighted by atomic mass is 10.1. The molecule has 0 aliphatic rings. The molecule has 0 saturated carbocycles. The van der Waals surface area contributed by atoms with E-state index in [-0.39, 0.29) is 5.78 Å². The van der Waals surface area contributed by atoms with Gasteiger partial charge in [-0.3, -0.25) is 9.48 Å². The SMILES string of the molecule is CC(=O)c1c2ccc(C)cc2nn1C. The number of carbonyl (C=O) groups excluding carboxylic acids is 1. The van der Waals surface area contributed by atoms with Gasteiger partial charge in [0, 0.05) is 19.4 Å². The molecule has 3 heteroatoms. The van der Waals surface area contributed by atoms with Gasteiger partial charge in [0.2, 0.25) is 0 Å². The molecule has 0 aliphatic heterocycles. The molecule has 0 amide bonds. The lowest BCUT2D eigenvalue weighted by Gasteiger charge is -1.95. The highest BCUT2D eigenvalue weighted by atomic mass is 16.1. The first-order valence-corrected chi connectivity index (χ1v) is 4.54. The molecule has 0 N–H and O–H groups in total. The van der Waals surface area contributed by atoms with E-state index in [4.69, 9.17) is 0 Å². The number of aromatic nitrogens is 2. The minimum atomic E-state index is 0.0545. The predicted octanol–water partition coefficient (Wildman–Crippen LogP) is 2.08. The third-order valence-electron chi connectivity index (χ3n) is 2.32. The Morgan fingerprint density at radius 1 is 1.43 bits per heavy atom. The molecule has 0 spiro atoms. The fourth-order valence-electron chi connectivity index (χ4n) is 1.73. The van der Waals surface area contributed by atoms with Gasteiger partial charge >= 0.3 is 0 Å². The summed E-state index contributed by atoms with van der Waals surface area (Å²) < 4.78 is 1.65. The minimum Gasteiger partial charge on any atom is -0.293 e. The van der Waals surface area contributed by atoms with Crippen LogP contribution in [0, 0.1) is 6.92 Å². The molecule has 0 fully saturated rings. The molecule has 1 aromatic heterocycles. The third-order valence-corrected chi connectivity index (χ3v) is 2.32. The maximum atomic E-state index is 11.4. The molecule has 0 aliphatic carbocycles. The Balaban J connectivity index is 2.84. The Hall–Kier alpha value is -1.64. The van der Waals surface area contributed by atoms with Gasteiger partial charge in [-0.1, -0.05) is 12.1 Å². The van der Waals surface area contributed by atoms with Gasteiger partial charge < -0.3 is 0 Å². The first-order chi connectivity index (χ1) is 6.59. The summed E-state index contributed by atoms with van der Waals surface area (Å²) in [5.41, 5.74) is 2.73. The second-order valence-corrected chi connectivity index (χ2v) is 3.55. The number of fused-ring (bicyclic) bond motifs is 1. The van der Waals surface area contributed by atoms with Crippen molar-refractivity contribution in [1.29, 1.82) is 0 Å². The van der Waals surface area contributed by atoms with Crippen LogP contribution in [0.4, 0.5) is 0 Å². The van der Waals surface area contributed by atoms with Gasteiger partial charge in [-0.2, -0.15) is 5.10 Å². The average molecular weight is 188 g/mol. The van der Waals surface area contributed by atoms with E-state index < -0.39 is 0 Å². The molecule has 2 rings (SSSR count). The second kappa shape index (κ2) is 2.94. The number of Topliss-reactive ketones (excluding diaryl/α,β-unsaturated/α-hetero) is 1. The van der Waals surface area contributed by atoms with Gasteiger partial charge in [0.1, 0.15) is 5.69 Å². The Morgan fingerprint density at radius 2 is 2.14 bits per heavy atom. The Morgan fingerprint density at radius 3 is 2.79 bits per heavy atom. The van der Waals surface area contributed by atoms with Crippen molar-refractivity contribution in [2.75, 3.05) is 0 Å². The first kappa shape index (κ1) is 8.94. The van der Waals surface area contributed by atoms with Crippen LogP contribution in [0.2, 0.25) is 0 Å². The highest BCUT2D eigenvalue weighted by Gasteiger charge is 2.11. The van der Waals surface area contributed by atoms with E-state index in [2.05, 4.69) is 5.10 Å². The number of nitrogens with zero attached hydrogens (tertiary/aromatic N) is 2.